The fourth-order valence-electron chi connectivity index (χ4n) is 3.12. The van der Waals surface area contributed by atoms with Crippen LogP contribution in [0.2, 0.25) is 0 Å². The summed E-state index contributed by atoms with van der Waals surface area (Å²) in [5.74, 6) is -2.97. The van der Waals surface area contributed by atoms with Crippen molar-refractivity contribution in [3.8, 4) is 17.1 Å². The van der Waals surface area contributed by atoms with Crippen LogP contribution < -0.4 is 5.32 Å². The second-order valence-electron chi connectivity index (χ2n) is 6.01. The van der Waals surface area contributed by atoms with Crippen LogP contribution in [0.1, 0.15) is 17.7 Å². The van der Waals surface area contributed by atoms with Gasteiger partial charge in [0, 0.05) is 24.5 Å². The van der Waals surface area contributed by atoms with E-state index in [1.807, 2.05) is 10.7 Å². The van der Waals surface area contributed by atoms with Gasteiger partial charge in [-0.3, -0.25) is 4.68 Å². The molecule has 1 aliphatic heterocycles. The predicted molar refractivity (Wildman–Crippen MR) is 85.6 cm³/mol. The van der Waals surface area contributed by atoms with E-state index in [1.54, 1.807) is 13.0 Å². The molecule has 0 saturated carbocycles. The van der Waals surface area contributed by atoms with Crippen LogP contribution in [-0.4, -0.2) is 26.4 Å². The van der Waals surface area contributed by atoms with Crippen molar-refractivity contribution in [2.45, 2.75) is 26.4 Å². The minimum absolute atomic E-state index is 0.125. The van der Waals surface area contributed by atoms with Gasteiger partial charge < -0.3 is 10.4 Å². The molecule has 3 heterocycles. The van der Waals surface area contributed by atoms with Crippen molar-refractivity contribution in [2.24, 2.45) is 0 Å². The normalized spacial score (nSPS) is 14.6. The van der Waals surface area contributed by atoms with Crippen molar-refractivity contribution in [3.63, 3.8) is 0 Å². The first-order chi connectivity index (χ1) is 11.5. The van der Waals surface area contributed by atoms with Gasteiger partial charge in [0.05, 0.1) is 16.9 Å². The zero-order chi connectivity index (χ0) is 16.8. The van der Waals surface area contributed by atoms with Crippen molar-refractivity contribution in [1.29, 1.82) is 0 Å². The highest BCUT2D eigenvalue weighted by Gasteiger charge is 2.18. The molecule has 5 nitrogen and oxygen atoms in total. The molecule has 1 aromatic carbocycles. The molecule has 0 fully saturated rings. The van der Waals surface area contributed by atoms with Crippen molar-refractivity contribution in [2.75, 3.05) is 6.54 Å². The number of pyridine rings is 1. The molecule has 0 aliphatic carbocycles. The summed E-state index contributed by atoms with van der Waals surface area (Å²) in [5, 5.41) is 17.5. The largest absolute Gasteiger partial charge is 0.503 e. The number of nitrogens with zero attached hydrogens (tertiary/aromatic N) is 3. The summed E-state index contributed by atoms with van der Waals surface area (Å²) >= 11 is 0. The van der Waals surface area contributed by atoms with E-state index in [-0.39, 0.29) is 10.9 Å². The number of hydrogen-bond acceptors (Lipinski definition) is 4. The van der Waals surface area contributed by atoms with Gasteiger partial charge in [-0.25, -0.2) is 13.8 Å². The van der Waals surface area contributed by atoms with E-state index < -0.39 is 17.4 Å². The summed E-state index contributed by atoms with van der Waals surface area (Å²) in [5.41, 5.74) is 3.03. The van der Waals surface area contributed by atoms with E-state index in [2.05, 4.69) is 15.4 Å². The van der Waals surface area contributed by atoms with Crippen LogP contribution >= 0.6 is 0 Å². The van der Waals surface area contributed by atoms with Gasteiger partial charge in [0.2, 0.25) is 0 Å². The highest BCUT2D eigenvalue weighted by atomic mass is 19.1. The van der Waals surface area contributed by atoms with Gasteiger partial charge in [0.25, 0.3) is 0 Å². The Balaban J connectivity index is 1.88. The van der Waals surface area contributed by atoms with Gasteiger partial charge in [-0.15, -0.1) is 0 Å². The van der Waals surface area contributed by atoms with Crippen molar-refractivity contribution < 1.29 is 13.9 Å². The fraction of sp³-hybridized carbons (Fsp3) is 0.294. The van der Waals surface area contributed by atoms with Crippen molar-refractivity contribution in [1.82, 2.24) is 20.1 Å². The molecule has 4 rings (SSSR count). The number of fused-ring (bicyclic) bond motifs is 2. The Kier molecular flexibility index (Phi) is 3.45. The number of rotatable bonds is 1. The van der Waals surface area contributed by atoms with Crippen LogP contribution in [0, 0.1) is 18.6 Å². The molecule has 0 atom stereocenters. The van der Waals surface area contributed by atoms with Crippen LogP contribution in [0.5, 0.6) is 5.75 Å². The Bertz CT molecular complexity index is 928. The van der Waals surface area contributed by atoms with Crippen LogP contribution in [0.4, 0.5) is 8.78 Å². The number of benzene rings is 1. The monoisotopic (exact) mass is 330 g/mol. The number of phenolic OH excluding ortho intramolecular Hbond substituents is 1. The highest BCUT2D eigenvalue weighted by Crippen LogP contribution is 2.32. The molecule has 1 aliphatic rings. The van der Waals surface area contributed by atoms with Gasteiger partial charge >= 0.3 is 0 Å². The minimum Gasteiger partial charge on any atom is -0.503 e. The first kappa shape index (κ1) is 15.0. The summed E-state index contributed by atoms with van der Waals surface area (Å²) < 4.78 is 29.7. The molecule has 2 N–H and O–H groups in total. The van der Waals surface area contributed by atoms with Crippen LogP contribution in [0.25, 0.3) is 22.3 Å². The van der Waals surface area contributed by atoms with E-state index in [0.717, 1.165) is 37.8 Å². The minimum atomic E-state index is -1.02. The third-order valence-electron chi connectivity index (χ3n) is 4.32. The Morgan fingerprint density at radius 3 is 2.88 bits per heavy atom. The smallest absolute Gasteiger partial charge is 0.188 e. The van der Waals surface area contributed by atoms with E-state index in [1.165, 1.54) is 0 Å². The maximum absolute atomic E-state index is 14.1. The van der Waals surface area contributed by atoms with Crippen LogP contribution in [0.3, 0.4) is 0 Å². The van der Waals surface area contributed by atoms with Gasteiger partial charge in [0.1, 0.15) is 5.69 Å². The van der Waals surface area contributed by atoms with Gasteiger partial charge in [-0.05, 0) is 37.6 Å². The lowest BCUT2D eigenvalue weighted by atomic mass is 10.1. The molecule has 0 unspecified atom stereocenters. The molecule has 0 saturated heterocycles. The molecular formula is C17H16F2N4O. The number of halogens is 2. The lowest BCUT2D eigenvalue weighted by Gasteiger charge is -2.08. The van der Waals surface area contributed by atoms with Gasteiger partial charge in [-0.2, -0.15) is 5.10 Å². The molecule has 0 bridgehead atoms. The molecule has 24 heavy (non-hydrogen) atoms. The zero-order valence-electron chi connectivity index (χ0n) is 13.1. The van der Waals surface area contributed by atoms with Gasteiger partial charge in [0.15, 0.2) is 17.4 Å². The Labute approximate surface area is 136 Å². The summed E-state index contributed by atoms with van der Waals surface area (Å²) in [6, 6.07) is 4.70. The lowest BCUT2D eigenvalue weighted by Crippen LogP contribution is -2.11. The average Bonchev–Trinajstić information content (AvgIpc) is 2.83. The van der Waals surface area contributed by atoms with Gasteiger partial charge in [-0.1, -0.05) is 0 Å². The number of hydrogen-bond donors (Lipinski definition) is 2. The van der Waals surface area contributed by atoms with E-state index in [9.17, 15) is 13.9 Å². The Hall–Kier alpha value is -2.54. The van der Waals surface area contributed by atoms with E-state index >= 15 is 0 Å². The maximum atomic E-state index is 14.1. The highest BCUT2D eigenvalue weighted by molar-refractivity contribution is 5.86. The molecule has 0 radical (unpaired) electrons. The third kappa shape index (κ3) is 2.32. The first-order valence-electron chi connectivity index (χ1n) is 7.80. The Morgan fingerprint density at radius 2 is 2.04 bits per heavy atom. The average molecular weight is 330 g/mol. The second-order valence-corrected chi connectivity index (χ2v) is 6.01. The number of phenols is 1. The number of aromatic hydroxyl groups is 1. The SMILES string of the molecule is Cc1cc(-c2cc3n(n2)CCCNC3)nc2cc(F)c(O)c(F)c12. The molecule has 0 amide bonds. The lowest BCUT2D eigenvalue weighted by molar-refractivity contribution is 0.400. The Morgan fingerprint density at radius 1 is 1.21 bits per heavy atom. The summed E-state index contributed by atoms with van der Waals surface area (Å²) in [7, 11) is 0. The molecule has 3 aromatic rings. The second kappa shape index (κ2) is 5.52. The zero-order valence-corrected chi connectivity index (χ0v) is 13.1. The summed E-state index contributed by atoms with van der Waals surface area (Å²) in [4.78, 5) is 4.35. The third-order valence-corrected chi connectivity index (χ3v) is 4.32. The summed E-state index contributed by atoms with van der Waals surface area (Å²) in [6.45, 7) is 4.22. The van der Waals surface area contributed by atoms with E-state index in [0.29, 0.717) is 17.0 Å². The van der Waals surface area contributed by atoms with Crippen LogP contribution in [-0.2, 0) is 13.1 Å². The molecule has 2 aromatic heterocycles. The molecule has 0 spiro atoms. The number of nitrogens with one attached hydrogen (secondary N) is 1. The van der Waals surface area contributed by atoms with Crippen molar-refractivity contribution in [3.05, 3.63) is 41.1 Å². The number of aromatic nitrogens is 3. The molecule has 7 heteroatoms. The topological polar surface area (TPSA) is 63.0 Å². The molecular weight excluding hydrogens is 314 g/mol. The van der Waals surface area contributed by atoms with Crippen molar-refractivity contribution >= 4 is 10.9 Å². The summed E-state index contributed by atoms with van der Waals surface area (Å²) in [6.07, 6.45) is 0.994. The van der Waals surface area contributed by atoms with Crippen LogP contribution in [0.15, 0.2) is 18.2 Å². The molecule has 124 valence electrons. The quantitative estimate of drug-likeness (QED) is 0.720. The predicted octanol–water partition coefficient (Wildman–Crippen LogP) is 2.88. The maximum Gasteiger partial charge on any atom is 0.188 e. The standard InChI is InChI=1S/C17H16F2N4O/c1-9-5-12(13-6-10-8-20-3-2-4-23(10)22-13)21-14-7-11(18)17(24)16(19)15(9)14/h5-7,20,24H,2-4,8H2,1H3. The number of aryl methyl sites for hydroxylation is 2. The van der Waals surface area contributed by atoms with E-state index in [4.69, 9.17) is 0 Å². The first-order valence-corrected chi connectivity index (χ1v) is 7.80. The fourth-order valence-corrected chi connectivity index (χ4v) is 3.12.